The van der Waals surface area contributed by atoms with Gasteiger partial charge < -0.3 is 15.4 Å². The van der Waals surface area contributed by atoms with Crippen molar-refractivity contribution >= 4 is 29.1 Å². The number of methoxy groups -OCH3 is 1. The van der Waals surface area contributed by atoms with Gasteiger partial charge in [-0.2, -0.15) is 0 Å². The Balaban J connectivity index is 1.74. The molecule has 29 heavy (non-hydrogen) atoms. The van der Waals surface area contributed by atoms with E-state index in [-0.39, 0.29) is 30.9 Å². The number of likely N-dealkylation sites (N-methyl/N-ethyl adjacent to an activating group) is 1. The molecule has 2 N–H and O–H groups in total. The van der Waals surface area contributed by atoms with E-state index < -0.39 is 0 Å². The Hall–Kier alpha value is -2.57. The Kier molecular flexibility index (Phi) is 8.96. The lowest BCUT2D eigenvalue weighted by atomic mass is 10.1. The van der Waals surface area contributed by atoms with Crippen LogP contribution in [0, 0.1) is 0 Å². The van der Waals surface area contributed by atoms with Crippen molar-refractivity contribution in [1.29, 1.82) is 0 Å². The summed E-state index contributed by atoms with van der Waals surface area (Å²) in [5, 5.41) is 6.24. The van der Waals surface area contributed by atoms with Crippen LogP contribution in [0.15, 0.2) is 48.5 Å². The summed E-state index contributed by atoms with van der Waals surface area (Å²) in [7, 11) is 3.25. The number of carbonyl (C=O) groups excluding carboxylic acids is 2. The van der Waals surface area contributed by atoms with E-state index in [9.17, 15) is 9.59 Å². The number of nitrogens with zero attached hydrogens (tertiary/aromatic N) is 1. The number of halogens is 1. The summed E-state index contributed by atoms with van der Waals surface area (Å²) in [6.45, 7) is 2.19. The van der Waals surface area contributed by atoms with E-state index in [4.69, 9.17) is 16.3 Å². The molecule has 0 aliphatic rings. The number of anilines is 1. The van der Waals surface area contributed by atoms with Crippen LogP contribution < -0.4 is 15.4 Å². The van der Waals surface area contributed by atoms with Crippen LogP contribution in [0.1, 0.15) is 18.9 Å². The first kappa shape index (κ1) is 22.7. The molecule has 0 aliphatic heterocycles. The molecule has 0 fully saturated rings. The van der Waals surface area contributed by atoms with Crippen molar-refractivity contribution in [3.05, 3.63) is 59.1 Å². The fourth-order valence-corrected chi connectivity index (χ4v) is 3.11. The lowest BCUT2D eigenvalue weighted by Crippen LogP contribution is -2.42. The molecule has 156 valence electrons. The van der Waals surface area contributed by atoms with E-state index in [1.165, 1.54) is 12.7 Å². The quantitative estimate of drug-likeness (QED) is 0.621. The molecule has 2 amide bonds. The van der Waals surface area contributed by atoms with Gasteiger partial charge in [0.05, 0.1) is 25.9 Å². The number of carbonyl (C=O) groups is 2. The van der Waals surface area contributed by atoms with Gasteiger partial charge in [-0.3, -0.25) is 14.5 Å². The minimum absolute atomic E-state index is 0.0562. The summed E-state index contributed by atoms with van der Waals surface area (Å²) in [6.07, 6.45) is 1.76. The molecule has 2 aromatic rings. The second-order valence-electron chi connectivity index (χ2n) is 7.06. The maximum absolute atomic E-state index is 12.3. The normalized spacial score (nSPS) is 11.8. The molecule has 0 bridgehead atoms. The Morgan fingerprint density at radius 1 is 1.10 bits per heavy atom. The summed E-state index contributed by atoms with van der Waals surface area (Å²) in [6, 6.07) is 15.2. The molecular weight excluding hydrogens is 390 g/mol. The Morgan fingerprint density at radius 3 is 2.48 bits per heavy atom. The van der Waals surface area contributed by atoms with Gasteiger partial charge in [0.2, 0.25) is 11.8 Å². The first-order valence-corrected chi connectivity index (χ1v) is 9.90. The summed E-state index contributed by atoms with van der Waals surface area (Å²) in [5.74, 6) is 0.162. The zero-order valence-corrected chi connectivity index (χ0v) is 17.8. The van der Waals surface area contributed by atoms with E-state index in [0.717, 1.165) is 12.8 Å². The van der Waals surface area contributed by atoms with Gasteiger partial charge in [0.1, 0.15) is 5.75 Å². The monoisotopic (exact) mass is 417 g/mol. The first-order chi connectivity index (χ1) is 13.9. The van der Waals surface area contributed by atoms with E-state index >= 15 is 0 Å². The maximum atomic E-state index is 12.3. The van der Waals surface area contributed by atoms with Crippen LogP contribution >= 0.6 is 11.6 Å². The molecule has 0 aliphatic carbocycles. The number of rotatable bonds is 10. The van der Waals surface area contributed by atoms with Gasteiger partial charge in [-0.15, -0.1) is 0 Å². The van der Waals surface area contributed by atoms with E-state index in [1.807, 2.05) is 25.1 Å². The molecule has 0 heterocycles. The number of hydrogen-bond donors (Lipinski definition) is 2. The van der Waals surface area contributed by atoms with Crippen LogP contribution in [0.4, 0.5) is 5.69 Å². The molecule has 7 heteroatoms. The molecule has 6 nitrogen and oxygen atoms in total. The molecule has 0 aromatic heterocycles. The van der Waals surface area contributed by atoms with Crippen LogP contribution in [-0.2, 0) is 16.0 Å². The third-order valence-corrected chi connectivity index (χ3v) is 4.61. The average Bonchev–Trinajstić information content (AvgIpc) is 2.67. The van der Waals surface area contributed by atoms with Crippen molar-refractivity contribution in [2.45, 2.75) is 25.8 Å². The van der Waals surface area contributed by atoms with Crippen molar-refractivity contribution in [2.75, 3.05) is 32.6 Å². The number of ether oxygens (including phenoxy) is 1. The Morgan fingerprint density at radius 2 is 1.79 bits per heavy atom. The second-order valence-corrected chi connectivity index (χ2v) is 7.49. The molecule has 1 atom stereocenters. The standard InChI is InChI=1S/C22H28ClN3O3/c1-16(9-10-17-7-5-4-6-8-17)24-21(27)14-26(2)15-22(28)25-19-13-18(23)11-12-20(19)29-3/h4-8,11-13,16H,9-10,14-15H2,1-3H3,(H,24,27)(H,25,28). The van der Waals surface area contributed by atoms with Gasteiger partial charge in [-0.05, 0) is 50.6 Å². The van der Waals surface area contributed by atoms with Crippen LogP contribution in [0.2, 0.25) is 5.02 Å². The smallest absolute Gasteiger partial charge is 0.238 e. The number of nitrogens with one attached hydrogen (secondary N) is 2. The predicted molar refractivity (Wildman–Crippen MR) is 116 cm³/mol. The number of aryl methyl sites for hydroxylation is 1. The number of amides is 2. The highest BCUT2D eigenvalue weighted by Crippen LogP contribution is 2.27. The predicted octanol–water partition coefficient (Wildman–Crippen LogP) is 3.36. The minimum atomic E-state index is -0.252. The lowest BCUT2D eigenvalue weighted by molar-refractivity contribution is -0.123. The third-order valence-electron chi connectivity index (χ3n) is 4.38. The van der Waals surface area contributed by atoms with Gasteiger partial charge in [-0.25, -0.2) is 0 Å². The van der Waals surface area contributed by atoms with Gasteiger partial charge in [0, 0.05) is 11.1 Å². The Bertz CT molecular complexity index is 814. The minimum Gasteiger partial charge on any atom is -0.495 e. The summed E-state index contributed by atoms with van der Waals surface area (Å²) >= 11 is 5.97. The van der Waals surface area contributed by atoms with Gasteiger partial charge >= 0.3 is 0 Å². The Labute approximate surface area is 177 Å². The number of benzene rings is 2. The fraction of sp³-hybridized carbons (Fsp3) is 0.364. The van der Waals surface area contributed by atoms with Crippen molar-refractivity contribution in [3.63, 3.8) is 0 Å². The fourth-order valence-electron chi connectivity index (χ4n) is 2.93. The van der Waals surface area contributed by atoms with E-state index in [0.29, 0.717) is 16.5 Å². The number of hydrogen-bond acceptors (Lipinski definition) is 4. The molecule has 0 saturated carbocycles. The molecule has 0 radical (unpaired) electrons. The third kappa shape index (κ3) is 8.13. The largest absolute Gasteiger partial charge is 0.495 e. The maximum Gasteiger partial charge on any atom is 0.238 e. The summed E-state index contributed by atoms with van der Waals surface area (Å²) in [5.41, 5.74) is 1.75. The van der Waals surface area contributed by atoms with Crippen molar-refractivity contribution < 1.29 is 14.3 Å². The topological polar surface area (TPSA) is 70.7 Å². The molecule has 0 saturated heterocycles. The van der Waals surface area contributed by atoms with Gasteiger partial charge in [-0.1, -0.05) is 41.9 Å². The van der Waals surface area contributed by atoms with E-state index in [1.54, 1.807) is 30.1 Å². The highest BCUT2D eigenvalue weighted by Gasteiger charge is 2.14. The molecule has 1 unspecified atom stereocenters. The lowest BCUT2D eigenvalue weighted by Gasteiger charge is -2.19. The second kappa shape index (κ2) is 11.4. The first-order valence-electron chi connectivity index (χ1n) is 9.52. The highest BCUT2D eigenvalue weighted by atomic mass is 35.5. The molecular formula is C22H28ClN3O3. The van der Waals surface area contributed by atoms with Gasteiger partial charge in [0.15, 0.2) is 0 Å². The highest BCUT2D eigenvalue weighted by molar-refractivity contribution is 6.31. The molecule has 2 rings (SSSR count). The van der Waals surface area contributed by atoms with Crippen LogP contribution in [0.5, 0.6) is 5.75 Å². The van der Waals surface area contributed by atoms with Crippen molar-refractivity contribution in [3.8, 4) is 5.75 Å². The SMILES string of the molecule is COc1ccc(Cl)cc1NC(=O)CN(C)CC(=O)NC(C)CCc1ccccc1. The average molecular weight is 418 g/mol. The van der Waals surface area contributed by atoms with Crippen LogP contribution in [0.3, 0.4) is 0 Å². The van der Waals surface area contributed by atoms with E-state index in [2.05, 4.69) is 22.8 Å². The van der Waals surface area contributed by atoms with Crippen molar-refractivity contribution in [2.24, 2.45) is 0 Å². The van der Waals surface area contributed by atoms with Crippen LogP contribution in [-0.4, -0.2) is 50.0 Å². The summed E-state index contributed by atoms with van der Waals surface area (Å²) in [4.78, 5) is 26.2. The molecule has 0 spiro atoms. The molecule has 2 aromatic carbocycles. The van der Waals surface area contributed by atoms with Gasteiger partial charge in [0.25, 0.3) is 0 Å². The van der Waals surface area contributed by atoms with Crippen molar-refractivity contribution in [1.82, 2.24) is 10.2 Å². The summed E-state index contributed by atoms with van der Waals surface area (Å²) < 4.78 is 5.22. The van der Waals surface area contributed by atoms with Crippen LogP contribution in [0.25, 0.3) is 0 Å². The zero-order valence-electron chi connectivity index (χ0n) is 17.1. The zero-order chi connectivity index (χ0) is 21.2.